The fourth-order valence-corrected chi connectivity index (χ4v) is 3.47. The van der Waals surface area contributed by atoms with Crippen LogP contribution in [0.1, 0.15) is 45.5 Å². The first-order valence-corrected chi connectivity index (χ1v) is 9.19. The molecule has 11 heteroatoms. The lowest BCUT2D eigenvalue weighted by molar-refractivity contribution is -0.277. The van der Waals surface area contributed by atoms with Crippen molar-refractivity contribution in [2.75, 3.05) is 12.3 Å². The van der Waals surface area contributed by atoms with E-state index in [2.05, 4.69) is 15.3 Å². The van der Waals surface area contributed by atoms with Gasteiger partial charge in [-0.05, 0) is 43.8 Å². The lowest BCUT2D eigenvalue weighted by atomic mass is 9.76. The Morgan fingerprint density at radius 3 is 2.65 bits per heavy atom. The molecule has 3 rings (SSSR count). The summed E-state index contributed by atoms with van der Waals surface area (Å²) in [6.45, 7) is -2.83. The first-order valence-electron chi connectivity index (χ1n) is 10.7. The summed E-state index contributed by atoms with van der Waals surface area (Å²) in [4.78, 5) is 20.6. The Morgan fingerprint density at radius 1 is 1.42 bits per heavy atom. The minimum atomic E-state index is -5.28. The monoisotopic (exact) mass is 443 g/mol. The maximum atomic E-state index is 13.5. The van der Waals surface area contributed by atoms with Crippen LogP contribution in [0.15, 0.2) is 24.4 Å². The molecule has 0 saturated heterocycles. The molecule has 2 aromatic rings. The van der Waals surface area contributed by atoms with E-state index in [1.54, 1.807) is 6.92 Å². The van der Waals surface area contributed by atoms with Crippen LogP contribution in [0, 0.1) is 6.85 Å². The number of hydrogen-bond acceptors (Lipinski definition) is 7. The zero-order valence-electron chi connectivity index (χ0n) is 19.4. The van der Waals surface area contributed by atoms with Crippen molar-refractivity contribution in [3.05, 3.63) is 41.2 Å². The Bertz CT molecular complexity index is 1110. The predicted octanol–water partition coefficient (Wildman–Crippen LogP) is 1.42. The van der Waals surface area contributed by atoms with Crippen LogP contribution in [0.2, 0.25) is 0 Å². The lowest BCUT2D eigenvalue weighted by Gasteiger charge is -2.43. The van der Waals surface area contributed by atoms with Gasteiger partial charge in [-0.1, -0.05) is 12.1 Å². The minimum Gasteiger partial charge on any atom is -0.393 e. The number of rotatable bonds is 5. The number of nitrogens with one attached hydrogen (secondary N) is 1. The highest BCUT2D eigenvalue weighted by molar-refractivity contribution is 5.97. The Hall–Kier alpha value is -2.76. The third-order valence-corrected chi connectivity index (χ3v) is 5.27. The molecule has 0 radical (unpaired) electrons. The van der Waals surface area contributed by atoms with Gasteiger partial charge in [0.25, 0.3) is 5.91 Å². The van der Waals surface area contributed by atoms with Gasteiger partial charge < -0.3 is 26.4 Å². The number of aliphatic hydroxyl groups excluding tert-OH is 2. The summed E-state index contributed by atoms with van der Waals surface area (Å²) in [5.74, 6) is -1.08. The van der Waals surface area contributed by atoms with Gasteiger partial charge in [0.1, 0.15) is 0 Å². The number of aromatic nitrogens is 2. The van der Waals surface area contributed by atoms with Crippen LogP contribution in [-0.4, -0.2) is 55.6 Å². The van der Waals surface area contributed by atoms with E-state index in [9.17, 15) is 33.3 Å². The van der Waals surface area contributed by atoms with Crippen molar-refractivity contribution < 1.29 is 37.4 Å². The number of amides is 1. The molecule has 0 bridgehead atoms. The largest absolute Gasteiger partial charge is 0.423 e. The summed E-state index contributed by atoms with van der Waals surface area (Å²) in [6, 6.07) is 2.34. The Balaban J connectivity index is 2.12. The first kappa shape index (κ1) is 19.0. The number of carbonyl (C=O) groups is 1. The number of nitrogens with zero attached hydrogens (tertiary/aromatic N) is 2. The molecule has 1 aliphatic rings. The highest BCUT2D eigenvalue weighted by Crippen LogP contribution is 2.40. The van der Waals surface area contributed by atoms with Crippen molar-refractivity contribution in [1.29, 1.82) is 0 Å². The zero-order chi connectivity index (χ0) is 25.7. The molecule has 1 aromatic carbocycles. The highest BCUT2D eigenvalue weighted by atomic mass is 19.4. The summed E-state index contributed by atoms with van der Waals surface area (Å²) >= 11 is 0. The maximum Gasteiger partial charge on any atom is 0.423 e. The van der Waals surface area contributed by atoms with E-state index in [0.29, 0.717) is 0 Å². The lowest BCUT2D eigenvalue weighted by Crippen LogP contribution is -2.57. The number of aryl methyl sites for hydroxylation is 1. The average Bonchev–Trinajstić information content (AvgIpc) is 2.70. The number of hydrogen-bond donors (Lipinski definition) is 5. The molecule has 1 aliphatic carbocycles. The number of halogens is 3. The van der Waals surface area contributed by atoms with Crippen LogP contribution in [0.5, 0.6) is 0 Å². The molecule has 1 fully saturated rings. The van der Waals surface area contributed by atoms with Gasteiger partial charge in [-0.25, -0.2) is 9.97 Å². The van der Waals surface area contributed by atoms with Gasteiger partial charge in [-0.2, -0.15) is 13.2 Å². The third-order valence-electron chi connectivity index (χ3n) is 5.27. The van der Waals surface area contributed by atoms with E-state index in [1.807, 2.05) is 0 Å². The van der Waals surface area contributed by atoms with Crippen LogP contribution in [0.25, 0.3) is 11.3 Å². The van der Waals surface area contributed by atoms with Crippen molar-refractivity contribution in [3.63, 3.8) is 0 Å². The molecular formula is C20H23F3N4O4. The van der Waals surface area contributed by atoms with Crippen molar-refractivity contribution in [1.82, 2.24) is 15.3 Å². The fraction of sp³-hybridized carbons (Fsp3) is 0.450. The molecule has 0 aliphatic heterocycles. The van der Waals surface area contributed by atoms with E-state index < -0.39 is 59.6 Å². The summed E-state index contributed by atoms with van der Waals surface area (Å²) in [7, 11) is 0. The summed E-state index contributed by atoms with van der Waals surface area (Å²) in [6.07, 6.45) is -4.30. The van der Waals surface area contributed by atoms with Crippen LogP contribution in [-0.2, 0) is 5.60 Å². The molecule has 31 heavy (non-hydrogen) atoms. The molecule has 8 nitrogen and oxygen atoms in total. The van der Waals surface area contributed by atoms with Crippen LogP contribution < -0.4 is 11.1 Å². The number of nitrogens with two attached hydrogens (primary N) is 1. The molecule has 1 heterocycles. The number of nitrogen functional groups attached to an aromatic ring is 1. The second-order valence-corrected chi connectivity index (χ2v) is 7.84. The molecule has 1 amide bonds. The normalized spacial score (nSPS) is 24.9. The zero-order valence-corrected chi connectivity index (χ0v) is 16.4. The third kappa shape index (κ3) is 4.21. The van der Waals surface area contributed by atoms with Crippen LogP contribution in [0.3, 0.4) is 0 Å². The number of carbonyl (C=O) groups excluding carboxylic acids is 1. The van der Waals surface area contributed by atoms with E-state index in [4.69, 9.17) is 9.85 Å². The average molecular weight is 443 g/mol. The van der Waals surface area contributed by atoms with Gasteiger partial charge in [-0.15, -0.1) is 0 Å². The quantitative estimate of drug-likeness (QED) is 0.471. The van der Waals surface area contributed by atoms with Crippen molar-refractivity contribution >= 4 is 11.7 Å². The molecule has 0 unspecified atom stereocenters. The van der Waals surface area contributed by atoms with E-state index in [0.717, 1.165) is 24.4 Å². The van der Waals surface area contributed by atoms with Gasteiger partial charge in [0, 0.05) is 15.2 Å². The second kappa shape index (κ2) is 7.74. The topological polar surface area (TPSA) is 142 Å². The van der Waals surface area contributed by atoms with E-state index >= 15 is 0 Å². The van der Waals surface area contributed by atoms with E-state index in [1.165, 1.54) is 0 Å². The fourth-order valence-electron chi connectivity index (χ4n) is 3.47. The smallest absolute Gasteiger partial charge is 0.393 e. The molecule has 6 N–H and O–H groups in total. The predicted molar refractivity (Wildman–Crippen MR) is 105 cm³/mol. The van der Waals surface area contributed by atoms with E-state index in [-0.39, 0.29) is 29.9 Å². The van der Waals surface area contributed by atoms with Gasteiger partial charge in [0.15, 0.2) is 11.5 Å². The van der Waals surface area contributed by atoms with Gasteiger partial charge in [0.2, 0.25) is 5.60 Å². The first-order chi connectivity index (χ1) is 15.5. The molecule has 1 aromatic heterocycles. The molecule has 1 atom stereocenters. The number of benzene rings is 1. The minimum absolute atomic E-state index is 0.284. The Labute approximate surface area is 180 Å². The molecular weight excluding hydrogens is 417 g/mol. The van der Waals surface area contributed by atoms with Crippen molar-refractivity contribution in [3.8, 4) is 11.3 Å². The Kier molecular flexibility index (Phi) is 4.73. The maximum absolute atomic E-state index is 13.5. The Morgan fingerprint density at radius 2 is 2.10 bits per heavy atom. The number of alkyl halides is 3. The number of aliphatic hydroxyl groups is 3. The highest BCUT2D eigenvalue weighted by Gasteiger charge is 2.54. The molecule has 0 spiro atoms. The standard InChI is InChI=1S/C20H23F3N4O4/c1-10-3-4-11(19(31,9-28)20(21,22)23)5-13(10)14-8-25-16(24)15(26-14)17(30)27-18(2)6-12(29)7-18/h3-5,8,12,28-29,31H,6-7,9H2,1-2H3,(H2,24,25)(H,27,30)/t12?,18?,19-/m1/s1/i1D3. The molecule has 1 saturated carbocycles. The second-order valence-electron chi connectivity index (χ2n) is 7.84. The summed E-state index contributed by atoms with van der Waals surface area (Å²) in [5, 5.41) is 31.6. The van der Waals surface area contributed by atoms with Crippen LogP contribution in [0.4, 0.5) is 19.0 Å². The van der Waals surface area contributed by atoms with Gasteiger partial charge in [0.05, 0.1) is 24.6 Å². The summed E-state index contributed by atoms with van der Waals surface area (Å²) in [5.41, 5.74) is -0.923. The molecule has 168 valence electrons. The van der Waals surface area contributed by atoms with Crippen LogP contribution >= 0.6 is 0 Å². The van der Waals surface area contributed by atoms with Crippen molar-refractivity contribution in [2.45, 2.75) is 50.0 Å². The van der Waals surface area contributed by atoms with Crippen molar-refractivity contribution in [2.24, 2.45) is 0 Å². The van der Waals surface area contributed by atoms with Gasteiger partial charge in [-0.3, -0.25) is 4.79 Å². The van der Waals surface area contributed by atoms with Gasteiger partial charge >= 0.3 is 6.18 Å². The number of anilines is 1. The summed E-state index contributed by atoms with van der Waals surface area (Å²) < 4.78 is 63.6. The SMILES string of the molecule is [2H]C([2H])([2H])c1ccc([C@](O)(CO)C(F)(F)F)cc1-c1cnc(N)c(C(=O)NC2(C)CC(O)C2)n1.